The first-order chi connectivity index (χ1) is 7.06. The minimum absolute atomic E-state index is 0.0416. The topological polar surface area (TPSA) is 76.2 Å². The molecule has 15 heavy (non-hydrogen) atoms. The van der Waals surface area contributed by atoms with E-state index in [0.29, 0.717) is 6.54 Å². The molecule has 1 heterocycles. The third kappa shape index (κ3) is 3.00. The van der Waals surface area contributed by atoms with Gasteiger partial charge in [0.2, 0.25) is 0 Å². The summed E-state index contributed by atoms with van der Waals surface area (Å²) in [6, 6.07) is 0. The van der Waals surface area contributed by atoms with Crippen molar-refractivity contribution >= 4 is 21.9 Å². The second kappa shape index (κ2) is 5.23. The van der Waals surface area contributed by atoms with Crippen LogP contribution in [0.5, 0.6) is 0 Å². The Kier molecular flexibility index (Phi) is 4.23. The van der Waals surface area contributed by atoms with Gasteiger partial charge in [0.1, 0.15) is 0 Å². The van der Waals surface area contributed by atoms with Gasteiger partial charge in [0.05, 0.1) is 6.42 Å². The van der Waals surface area contributed by atoms with E-state index in [4.69, 9.17) is 10.8 Å². The van der Waals surface area contributed by atoms with Crippen molar-refractivity contribution in [1.82, 2.24) is 4.98 Å². The van der Waals surface area contributed by atoms with Gasteiger partial charge in [-0.2, -0.15) is 0 Å². The molecule has 0 aliphatic rings. The summed E-state index contributed by atoms with van der Waals surface area (Å²) in [4.78, 5) is 14.7. The van der Waals surface area contributed by atoms with Gasteiger partial charge >= 0.3 is 5.97 Å². The maximum atomic E-state index is 10.7. The molecule has 0 amide bonds. The van der Waals surface area contributed by atoms with E-state index < -0.39 is 5.97 Å². The normalized spacial score (nSPS) is 12.5. The predicted octanol–water partition coefficient (Wildman–Crippen LogP) is 1.67. The van der Waals surface area contributed by atoms with Gasteiger partial charge in [-0.3, -0.25) is 9.78 Å². The lowest BCUT2D eigenvalue weighted by Gasteiger charge is -2.16. The lowest BCUT2D eigenvalue weighted by atomic mass is 9.93. The largest absolute Gasteiger partial charge is 0.481 e. The Morgan fingerprint density at radius 1 is 1.67 bits per heavy atom. The molecule has 82 valence electrons. The standard InChI is InChI=1S/C10H13BrN2O2/c1-6-4-13-5-8(11)10(6)7(3-12)2-9(14)15/h4-5,7H,2-3,12H2,1H3,(H,14,15). The molecule has 0 aliphatic carbocycles. The molecule has 1 unspecified atom stereocenters. The maximum Gasteiger partial charge on any atom is 0.304 e. The van der Waals surface area contributed by atoms with Crippen LogP contribution in [0, 0.1) is 6.92 Å². The van der Waals surface area contributed by atoms with Crippen molar-refractivity contribution in [2.75, 3.05) is 6.54 Å². The first-order valence-corrected chi connectivity index (χ1v) is 5.37. The third-order valence-corrected chi connectivity index (χ3v) is 2.88. The Hall–Kier alpha value is -0.940. The first kappa shape index (κ1) is 12.1. The number of carboxylic acid groups (broad SMARTS) is 1. The molecule has 0 saturated heterocycles. The van der Waals surface area contributed by atoms with Crippen LogP contribution in [0.15, 0.2) is 16.9 Å². The van der Waals surface area contributed by atoms with Crippen molar-refractivity contribution in [3.8, 4) is 0 Å². The zero-order chi connectivity index (χ0) is 11.4. The average molecular weight is 273 g/mol. The minimum Gasteiger partial charge on any atom is -0.481 e. The van der Waals surface area contributed by atoms with Crippen LogP contribution in [0.1, 0.15) is 23.5 Å². The molecule has 5 heteroatoms. The number of aliphatic carboxylic acids is 1. The first-order valence-electron chi connectivity index (χ1n) is 4.58. The molecule has 1 rings (SSSR count). The quantitative estimate of drug-likeness (QED) is 0.874. The lowest BCUT2D eigenvalue weighted by molar-refractivity contribution is -0.137. The molecule has 0 fully saturated rings. The zero-order valence-corrected chi connectivity index (χ0v) is 9.99. The van der Waals surface area contributed by atoms with E-state index in [1.165, 1.54) is 0 Å². The lowest BCUT2D eigenvalue weighted by Crippen LogP contribution is -2.17. The van der Waals surface area contributed by atoms with Crippen LogP contribution in [-0.4, -0.2) is 22.6 Å². The van der Waals surface area contributed by atoms with Crippen LogP contribution in [0.25, 0.3) is 0 Å². The van der Waals surface area contributed by atoms with Crippen LogP contribution in [0.4, 0.5) is 0 Å². The van der Waals surface area contributed by atoms with E-state index in [1.807, 2.05) is 6.92 Å². The number of carboxylic acids is 1. The predicted molar refractivity (Wildman–Crippen MR) is 60.7 cm³/mol. The fraction of sp³-hybridized carbons (Fsp3) is 0.400. The summed E-state index contributed by atoms with van der Waals surface area (Å²) in [6.45, 7) is 2.22. The Balaban J connectivity index is 3.05. The average Bonchev–Trinajstić information content (AvgIpc) is 2.15. The van der Waals surface area contributed by atoms with Gasteiger partial charge in [0.15, 0.2) is 0 Å². The minimum atomic E-state index is -0.839. The van der Waals surface area contributed by atoms with Crippen molar-refractivity contribution in [1.29, 1.82) is 0 Å². The molecule has 4 nitrogen and oxygen atoms in total. The highest BCUT2D eigenvalue weighted by Gasteiger charge is 2.18. The van der Waals surface area contributed by atoms with E-state index in [2.05, 4.69) is 20.9 Å². The number of pyridine rings is 1. The van der Waals surface area contributed by atoms with Gasteiger partial charge in [-0.1, -0.05) is 0 Å². The van der Waals surface area contributed by atoms with Crippen molar-refractivity contribution in [3.63, 3.8) is 0 Å². The van der Waals surface area contributed by atoms with Gasteiger partial charge < -0.3 is 10.8 Å². The molecular weight excluding hydrogens is 260 g/mol. The molecule has 0 radical (unpaired) electrons. The fourth-order valence-corrected chi connectivity index (χ4v) is 2.33. The molecule has 0 aliphatic heterocycles. The van der Waals surface area contributed by atoms with Crippen LogP contribution in [0.3, 0.4) is 0 Å². The summed E-state index contributed by atoms with van der Waals surface area (Å²) in [5.41, 5.74) is 7.49. The Bertz CT molecular complexity index is 348. The highest BCUT2D eigenvalue weighted by Crippen LogP contribution is 2.28. The molecule has 1 aromatic heterocycles. The number of hydrogen-bond donors (Lipinski definition) is 2. The summed E-state index contributed by atoms with van der Waals surface area (Å²) in [7, 11) is 0. The highest BCUT2D eigenvalue weighted by atomic mass is 79.9. The van der Waals surface area contributed by atoms with Crippen molar-refractivity contribution in [2.45, 2.75) is 19.3 Å². The van der Waals surface area contributed by atoms with Crippen LogP contribution >= 0.6 is 15.9 Å². The molecule has 0 saturated carbocycles. The summed E-state index contributed by atoms with van der Waals surface area (Å²) in [5, 5.41) is 8.77. The molecule has 0 bridgehead atoms. The second-order valence-electron chi connectivity index (χ2n) is 3.38. The van der Waals surface area contributed by atoms with Crippen LogP contribution < -0.4 is 5.73 Å². The van der Waals surface area contributed by atoms with Crippen LogP contribution in [-0.2, 0) is 4.79 Å². The van der Waals surface area contributed by atoms with E-state index in [1.54, 1.807) is 12.4 Å². The number of nitrogens with two attached hydrogens (primary N) is 1. The van der Waals surface area contributed by atoms with E-state index in [0.717, 1.165) is 15.6 Å². The number of carbonyl (C=O) groups is 1. The summed E-state index contributed by atoms with van der Waals surface area (Å²) >= 11 is 3.37. The zero-order valence-electron chi connectivity index (χ0n) is 8.40. The van der Waals surface area contributed by atoms with E-state index in [9.17, 15) is 4.79 Å². The highest BCUT2D eigenvalue weighted by molar-refractivity contribution is 9.10. The molecule has 0 spiro atoms. The molecule has 3 N–H and O–H groups in total. The Morgan fingerprint density at radius 3 is 2.80 bits per heavy atom. The third-order valence-electron chi connectivity index (χ3n) is 2.25. The summed E-state index contributed by atoms with van der Waals surface area (Å²) < 4.78 is 0.819. The molecule has 0 aromatic carbocycles. The smallest absolute Gasteiger partial charge is 0.304 e. The van der Waals surface area contributed by atoms with Gasteiger partial charge in [0.25, 0.3) is 0 Å². The van der Waals surface area contributed by atoms with Gasteiger partial charge in [-0.25, -0.2) is 0 Å². The fourth-order valence-electron chi connectivity index (χ4n) is 1.57. The number of rotatable bonds is 4. The number of halogens is 1. The van der Waals surface area contributed by atoms with Crippen molar-refractivity contribution < 1.29 is 9.90 Å². The van der Waals surface area contributed by atoms with Gasteiger partial charge in [0, 0.05) is 22.8 Å². The van der Waals surface area contributed by atoms with E-state index >= 15 is 0 Å². The molecule has 1 aromatic rings. The van der Waals surface area contributed by atoms with E-state index in [-0.39, 0.29) is 12.3 Å². The maximum absolute atomic E-state index is 10.7. The number of aryl methyl sites for hydroxylation is 1. The monoisotopic (exact) mass is 272 g/mol. The SMILES string of the molecule is Cc1cncc(Br)c1C(CN)CC(=O)O. The number of nitrogens with zero attached hydrogens (tertiary/aromatic N) is 1. The Morgan fingerprint density at radius 2 is 2.33 bits per heavy atom. The summed E-state index contributed by atoms with van der Waals surface area (Å²) in [5.74, 6) is -1.01. The molecular formula is C10H13BrN2O2. The van der Waals surface area contributed by atoms with Gasteiger partial charge in [-0.05, 0) is 40.5 Å². The number of hydrogen-bond acceptors (Lipinski definition) is 3. The Labute approximate surface area is 96.6 Å². The summed E-state index contributed by atoms with van der Waals surface area (Å²) in [6.07, 6.45) is 3.41. The molecule has 1 atom stereocenters. The second-order valence-corrected chi connectivity index (χ2v) is 4.24. The van der Waals surface area contributed by atoms with Gasteiger partial charge in [-0.15, -0.1) is 0 Å². The van der Waals surface area contributed by atoms with Crippen molar-refractivity contribution in [3.05, 3.63) is 28.0 Å². The van der Waals surface area contributed by atoms with Crippen LogP contribution in [0.2, 0.25) is 0 Å². The van der Waals surface area contributed by atoms with Crippen molar-refractivity contribution in [2.24, 2.45) is 5.73 Å². The number of aromatic nitrogens is 1.